The van der Waals surface area contributed by atoms with Crippen molar-refractivity contribution in [2.75, 3.05) is 25.5 Å². The van der Waals surface area contributed by atoms with Crippen molar-refractivity contribution in [3.05, 3.63) is 65.7 Å². The van der Waals surface area contributed by atoms with Crippen LogP contribution in [0.25, 0.3) is 6.08 Å². The maximum Gasteiger partial charge on any atom is 0.253 e. The Hall–Kier alpha value is -3.19. The smallest absolute Gasteiger partial charge is 0.253 e. The van der Waals surface area contributed by atoms with Gasteiger partial charge in [0.1, 0.15) is 5.75 Å². The van der Waals surface area contributed by atoms with Gasteiger partial charge in [0, 0.05) is 36.0 Å². The Morgan fingerprint density at radius 1 is 1.10 bits per heavy atom. The van der Waals surface area contributed by atoms with E-state index in [1.807, 2.05) is 38.1 Å². The highest BCUT2D eigenvalue weighted by Gasteiger charge is 2.13. The number of nitrogens with one attached hydrogen (secondary N) is 2. The first-order valence-corrected chi connectivity index (χ1v) is 9.71. The lowest BCUT2D eigenvalue weighted by molar-refractivity contribution is -0.115. The number of methoxy groups -OCH3 is 1. The van der Waals surface area contributed by atoms with Gasteiger partial charge in [-0.1, -0.05) is 24.3 Å². The van der Waals surface area contributed by atoms with Crippen LogP contribution >= 0.6 is 12.2 Å². The number of ether oxygens (including phenoxy) is 1. The number of amides is 2. The Kier molecular flexibility index (Phi) is 8.36. The van der Waals surface area contributed by atoms with E-state index in [0.717, 1.165) is 5.56 Å². The molecule has 0 spiro atoms. The SMILES string of the molecule is CCN(CC)C(=O)c1cccc(NC(=S)NC(=O)/C=C/c2ccccc2OC)c1. The molecule has 0 aliphatic carbocycles. The Morgan fingerprint density at radius 2 is 1.83 bits per heavy atom. The molecule has 2 aromatic carbocycles. The molecule has 0 saturated heterocycles. The fourth-order valence-electron chi connectivity index (χ4n) is 2.71. The van der Waals surface area contributed by atoms with Gasteiger partial charge in [0.05, 0.1) is 7.11 Å². The van der Waals surface area contributed by atoms with Crippen LogP contribution in [0, 0.1) is 0 Å². The third kappa shape index (κ3) is 6.43. The molecule has 0 fully saturated rings. The molecule has 2 amide bonds. The van der Waals surface area contributed by atoms with Crippen molar-refractivity contribution in [1.82, 2.24) is 10.2 Å². The summed E-state index contributed by atoms with van der Waals surface area (Å²) in [4.78, 5) is 26.3. The van der Waals surface area contributed by atoms with Crippen molar-refractivity contribution in [2.45, 2.75) is 13.8 Å². The summed E-state index contributed by atoms with van der Waals surface area (Å²) in [5.41, 5.74) is 1.97. The number of thiocarbonyl (C=S) groups is 1. The molecule has 0 aliphatic rings. The van der Waals surface area contributed by atoms with Gasteiger partial charge >= 0.3 is 0 Å². The van der Waals surface area contributed by atoms with Crippen molar-refractivity contribution in [3.63, 3.8) is 0 Å². The molecule has 2 N–H and O–H groups in total. The molecule has 152 valence electrons. The van der Waals surface area contributed by atoms with Crippen molar-refractivity contribution < 1.29 is 14.3 Å². The van der Waals surface area contributed by atoms with Crippen molar-refractivity contribution in [3.8, 4) is 5.75 Å². The number of hydrogen-bond acceptors (Lipinski definition) is 4. The molecule has 0 heterocycles. The first-order valence-electron chi connectivity index (χ1n) is 9.30. The Morgan fingerprint density at radius 3 is 2.52 bits per heavy atom. The van der Waals surface area contributed by atoms with Gasteiger partial charge in [-0.05, 0) is 56.4 Å². The van der Waals surface area contributed by atoms with E-state index >= 15 is 0 Å². The van der Waals surface area contributed by atoms with Gasteiger partial charge in [-0.15, -0.1) is 0 Å². The van der Waals surface area contributed by atoms with Crippen molar-refractivity contribution >= 4 is 40.9 Å². The second kappa shape index (κ2) is 11.0. The van der Waals surface area contributed by atoms with Crippen LogP contribution in [-0.2, 0) is 4.79 Å². The summed E-state index contributed by atoms with van der Waals surface area (Å²) >= 11 is 5.20. The van der Waals surface area contributed by atoms with Crippen molar-refractivity contribution in [2.24, 2.45) is 0 Å². The predicted octanol–water partition coefficient (Wildman–Crippen LogP) is 3.70. The summed E-state index contributed by atoms with van der Waals surface area (Å²) in [5.74, 6) is 0.254. The molecule has 2 aromatic rings. The number of para-hydroxylation sites is 1. The fraction of sp³-hybridized carbons (Fsp3) is 0.227. The molecule has 0 atom stereocenters. The van der Waals surface area contributed by atoms with E-state index in [1.165, 1.54) is 6.08 Å². The minimum absolute atomic E-state index is 0.0478. The summed E-state index contributed by atoms with van der Waals surface area (Å²) in [6.45, 7) is 5.15. The summed E-state index contributed by atoms with van der Waals surface area (Å²) in [5, 5.41) is 5.67. The zero-order valence-corrected chi connectivity index (χ0v) is 17.6. The zero-order valence-electron chi connectivity index (χ0n) is 16.8. The highest BCUT2D eigenvalue weighted by atomic mass is 32.1. The van der Waals surface area contributed by atoms with Crippen LogP contribution in [0.15, 0.2) is 54.6 Å². The van der Waals surface area contributed by atoms with Gasteiger partial charge in [0.2, 0.25) is 5.91 Å². The van der Waals surface area contributed by atoms with E-state index in [-0.39, 0.29) is 16.9 Å². The minimum Gasteiger partial charge on any atom is -0.496 e. The molecule has 2 rings (SSSR count). The molecule has 29 heavy (non-hydrogen) atoms. The Labute approximate surface area is 176 Å². The maximum atomic E-state index is 12.5. The van der Waals surface area contributed by atoms with Crippen LogP contribution in [0.3, 0.4) is 0 Å². The Bertz CT molecular complexity index is 908. The van der Waals surface area contributed by atoms with Crippen molar-refractivity contribution in [1.29, 1.82) is 0 Å². The second-order valence-electron chi connectivity index (χ2n) is 6.08. The standard InChI is InChI=1S/C22H25N3O3S/c1-4-25(5-2)21(27)17-10-8-11-18(15-17)23-22(29)24-20(26)14-13-16-9-6-7-12-19(16)28-3/h6-15H,4-5H2,1-3H3,(H2,23,24,26,29)/b14-13+. The third-order valence-corrected chi connectivity index (χ3v) is 4.41. The van der Waals surface area contributed by atoms with Gasteiger partial charge in [-0.2, -0.15) is 0 Å². The lowest BCUT2D eigenvalue weighted by atomic mass is 10.1. The van der Waals surface area contributed by atoms with E-state index in [4.69, 9.17) is 17.0 Å². The van der Waals surface area contributed by atoms with Gasteiger partial charge in [0.25, 0.3) is 5.91 Å². The summed E-state index contributed by atoms with van der Waals surface area (Å²) in [6, 6.07) is 14.4. The minimum atomic E-state index is -0.372. The maximum absolute atomic E-state index is 12.5. The molecule has 0 aromatic heterocycles. The summed E-state index contributed by atoms with van der Waals surface area (Å²) in [7, 11) is 1.57. The van der Waals surface area contributed by atoms with Crippen LogP contribution in [0.2, 0.25) is 0 Å². The summed E-state index contributed by atoms with van der Waals surface area (Å²) in [6.07, 6.45) is 3.03. The highest BCUT2D eigenvalue weighted by Crippen LogP contribution is 2.18. The van der Waals surface area contributed by atoms with Gasteiger partial charge in [-0.25, -0.2) is 0 Å². The topological polar surface area (TPSA) is 70.7 Å². The van der Waals surface area contributed by atoms with Crippen LogP contribution in [0.5, 0.6) is 5.75 Å². The first kappa shape index (κ1) is 22.1. The van der Waals surface area contributed by atoms with Gasteiger partial charge in [-0.3, -0.25) is 14.9 Å². The molecule has 0 unspecified atom stereocenters. The van der Waals surface area contributed by atoms with Crippen LogP contribution < -0.4 is 15.4 Å². The largest absolute Gasteiger partial charge is 0.496 e. The van der Waals surface area contributed by atoms with E-state index in [1.54, 1.807) is 42.4 Å². The normalized spacial score (nSPS) is 10.4. The predicted molar refractivity (Wildman–Crippen MR) is 120 cm³/mol. The molecule has 0 bridgehead atoms. The first-order chi connectivity index (χ1) is 14.0. The number of benzene rings is 2. The van der Waals surface area contributed by atoms with Crippen LogP contribution in [0.4, 0.5) is 5.69 Å². The van der Waals surface area contributed by atoms with Crippen LogP contribution in [-0.4, -0.2) is 42.0 Å². The quantitative estimate of drug-likeness (QED) is 0.537. The van der Waals surface area contributed by atoms with E-state index in [2.05, 4.69) is 10.6 Å². The number of nitrogens with zero attached hydrogens (tertiary/aromatic N) is 1. The van der Waals surface area contributed by atoms with Gasteiger partial charge < -0.3 is 15.0 Å². The monoisotopic (exact) mass is 411 g/mol. The van der Waals surface area contributed by atoms with E-state index < -0.39 is 0 Å². The number of anilines is 1. The van der Waals surface area contributed by atoms with Crippen LogP contribution in [0.1, 0.15) is 29.8 Å². The average molecular weight is 412 g/mol. The Balaban J connectivity index is 1.98. The second-order valence-corrected chi connectivity index (χ2v) is 6.49. The average Bonchev–Trinajstić information content (AvgIpc) is 2.73. The highest BCUT2D eigenvalue weighted by molar-refractivity contribution is 7.80. The van der Waals surface area contributed by atoms with Gasteiger partial charge in [0.15, 0.2) is 5.11 Å². The molecule has 7 heteroatoms. The lowest BCUT2D eigenvalue weighted by Crippen LogP contribution is -2.33. The molecular weight excluding hydrogens is 386 g/mol. The third-order valence-electron chi connectivity index (χ3n) is 4.21. The number of carbonyl (C=O) groups is 2. The van der Waals surface area contributed by atoms with E-state index in [0.29, 0.717) is 30.1 Å². The number of rotatable bonds is 7. The number of carbonyl (C=O) groups excluding carboxylic acids is 2. The molecule has 0 radical (unpaired) electrons. The summed E-state index contributed by atoms with van der Waals surface area (Å²) < 4.78 is 5.25. The fourth-order valence-corrected chi connectivity index (χ4v) is 2.93. The molecule has 6 nitrogen and oxygen atoms in total. The van der Waals surface area contributed by atoms with E-state index in [9.17, 15) is 9.59 Å². The molecule has 0 saturated carbocycles. The number of hydrogen-bond donors (Lipinski definition) is 2. The lowest BCUT2D eigenvalue weighted by Gasteiger charge is -2.19. The molecular formula is C22H25N3O3S. The zero-order chi connectivity index (χ0) is 21.2. The molecule has 0 aliphatic heterocycles.